The van der Waals surface area contributed by atoms with Crippen molar-refractivity contribution >= 4 is 21.5 Å². The molecule has 1 atom stereocenters. The van der Waals surface area contributed by atoms with E-state index >= 15 is 0 Å². The van der Waals surface area contributed by atoms with Crippen LogP contribution in [0.3, 0.4) is 0 Å². The summed E-state index contributed by atoms with van der Waals surface area (Å²) in [7, 11) is -3.65. The molecule has 1 heterocycles. The van der Waals surface area contributed by atoms with Crippen molar-refractivity contribution in [2.75, 3.05) is 17.1 Å². The molecule has 0 fully saturated rings. The standard InChI is InChI=1S/C23H25FN2O4S/c1-15-4-6-17(7-5-15)23(28)22-11-10-21(25-22)16(2)19-9-8-18(14-20(19)24)26-31(29,30)13-3-12-27/h4-11,14,16,25-27H,3,12-13H2,1-2H3. The van der Waals surface area contributed by atoms with Crippen LogP contribution in [0.2, 0.25) is 0 Å². The first-order valence-electron chi connectivity index (χ1n) is 9.91. The van der Waals surface area contributed by atoms with E-state index in [4.69, 9.17) is 5.11 Å². The number of hydrogen-bond acceptors (Lipinski definition) is 4. The first kappa shape index (κ1) is 22.7. The smallest absolute Gasteiger partial charge is 0.232 e. The summed E-state index contributed by atoms with van der Waals surface area (Å²) in [4.78, 5) is 15.7. The van der Waals surface area contributed by atoms with E-state index in [0.717, 1.165) is 11.6 Å². The van der Waals surface area contributed by atoms with Gasteiger partial charge in [-0.25, -0.2) is 12.8 Å². The highest BCUT2D eigenvalue weighted by molar-refractivity contribution is 7.92. The van der Waals surface area contributed by atoms with E-state index in [-0.39, 0.29) is 36.2 Å². The maximum Gasteiger partial charge on any atom is 0.232 e. The molecule has 0 spiro atoms. The Labute approximate surface area is 181 Å². The van der Waals surface area contributed by atoms with Crippen LogP contribution in [0.4, 0.5) is 10.1 Å². The fraction of sp³-hybridized carbons (Fsp3) is 0.261. The molecule has 0 saturated heterocycles. The molecule has 1 aromatic heterocycles. The molecule has 0 radical (unpaired) electrons. The number of carbonyl (C=O) groups is 1. The lowest BCUT2D eigenvalue weighted by Crippen LogP contribution is -2.17. The van der Waals surface area contributed by atoms with Crippen LogP contribution in [0.25, 0.3) is 0 Å². The minimum atomic E-state index is -3.65. The second-order valence-electron chi connectivity index (χ2n) is 7.48. The predicted molar refractivity (Wildman–Crippen MR) is 118 cm³/mol. The van der Waals surface area contributed by atoms with E-state index in [0.29, 0.717) is 22.5 Å². The Morgan fingerprint density at radius 2 is 1.84 bits per heavy atom. The van der Waals surface area contributed by atoms with E-state index in [2.05, 4.69) is 9.71 Å². The quantitative estimate of drug-likeness (QED) is 0.435. The van der Waals surface area contributed by atoms with Crippen LogP contribution in [0.15, 0.2) is 54.6 Å². The van der Waals surface area contributed by atoms with Gasteiger partial charge >= 0.3 is 0 Å². The lowest BCUT2D eigenvalue weighted by atomic mass is 9.97. The lowest BCUT2D eigenvalue weighted by Gasteiger charge is -2.14. The second-order valence-corrected chi connectivity index (χ2v) is 9.32. The number of aryl methyl sites for hydroxylation is 1. The molecule has 0 aliphatic rings. The number of nitrogens with one attached hydrogen (secondary N) is 2. The molecule has 3 aromatic rings. The molecule has 8 heteroatoms. The molecule has 3 N–H and O–H groups in total. The normalized spacial score (nSPS) is 12.5. The Kier molecular flexibility index (Phi) is 6.92. The molecule has 0 saturated carbocycles. The number of H-pyrrole nitrogens is 1. The Bertz CT molecular complexity index is 1170. The van der Waals surface area contributed by atoms with Gasteiger partial charge in [-0.15, -0.1) is 0 Å². The monoisotopic (exact) mass is 444 g/mol. The molecule has 0 aliphatic carbocycles. The number of aromatic nitrogens is 1. The van der Waals surface area contributed by atoms with Gasteiger partial charge < -0.3 is 10.1 Å². The Hall–Kier alpha value is -2.97. The SMILES string of the molecule is Cc1ccc(C(=O)c2ccc(C(C)c3ccc(NS(=O)(=O)CCCO)cc3F)[nH]2)cc1. The molecule has 2 aromatic carbocycles. The van der Waals surface area contributed by atoms with Gasteiger partial charge in [0.15, 0.2) is 0 Å². The number of aromatic amines is 1. The summed E-state index contributed by atoms with van der Waals surface area (Å²) in [6.07, 6.45) is 0.101. The zero-order valence-electron chi connectivity index (χ0n) is 17.4. The number of halogens is 1. The van der Waals surface area contributed by atoms with Gasteiger partial charge in [-0.1, -0.05) is 42.8 Å². The van der Waals surface area contributed by atoms with E-state index in [1.54, 1.807) is 31.2 Å². The second kappa shape index (κ2) is 9.45. The third-order valence-electron chi connectivity index (χ3n) is 5.04. The number of aliphatic hydroxyl groups is 1. The van der Waals surface area contributed by atoms with Crippen molar-refractivity contribution in [1.82, 2.24) is 4.98 Å². The number of ketones is 1. The molecule has 164 valence electrons. The highest BCUT2D eigenvalue weighted by Gasteiger charge is 2.19. The average Bonchev–Trinajstić information content (AvgIpc) is 3.22. The fourth-order valence-corrected chi connectivity index (χ4v) is 4.35. The summed E-state index contributed by atoms with van der Waals surface area (Å²) < 4.78 is 40.9. The summed E-state index contributed by atoms with van der Waals surface area (Å²) in [5.74, 6) is -1.33. The Morgan fingerprint density at radius 1 is 1.13 bits per heavy atom. The van der Waals surface area contributed by atoms with Crippen LogP contribution in [-0.4, -0.2) is 36.7 Å². The first-order chi connectivity index (χ1) is 14.7. The molecule has 31 heavy (non-hydrogen) atoms. The van der Waals surface area contributed by atoms with Gasteiger partial charge in [-0.05, 0) is 43.2 Å². The fourth-order valence-electron chi connectivity index (χ4n) is 3.25. The van der Waals surface area contributed by atoms with Crippen LogP contribution in [0, 0.1) is 12.7 Å². The summed E-state index contributed by atoms with van der Waals surface area (Å²) >= 11 is 0. The molecular weight excluding hydrogens is 419 g/mol. The van der Waals surface area contributed by atoms with E-state index < -0.39 is 15.8 Å². The molecular formula is C23H25FN2O4S. The van der Waals surface area contributed by atoms with E-state index in [1.807, 2.05) is 19.1 Å². The largest absolute Gasteiger partial charge is 0.396 e. The van der Waals surface area contributed by atoms with Crippen molar-refractivity contribution in [3.8, 4) is 0 Å². The maximum absolute atomic E-state index is 14.7. The molecule has 1 unspecified atom stereocenters. The van der Waals surface area contributed by atoms with Crippen molar-refractivity contribution < 1.29 is 22.7 Å². The topological polar surface area (TPSA) is 99.3 Å². The van der Waals surface area contributed by atoms with Crippen molar-refractivity contribution in [2.45, 2.75) is 26.2 Å². The number of rotatable bonds is 9. The summed E-state index contributed by atoms with van der Waals surface area (Å²) in [5, 5.41) is 8.78. The summed E-state index contributed by atoms with van der Waals surface area (Å²) in [6, 6.07) is 14.8. The van der Waals surface area contributed by atoms with Crippen molar-refractivity contribution in [3.05, 3.63) is 88.5 Å². The molecule has 6 nitrogen and oxygen atoms in total. The van der Waals surface area contributed by atoms with Gasteiger partial charge in [0.2, 0.25) is 15.8 Å². The molecule has 0 amide bonds. The number of benzene rings is 2. The Morgan fingerprint density at radius 3 is 2.48 bits per heavy atom. The Balaban J connectivity index is 1.76. The number of aliphatic hydroxyl groups excluding tert-OH is 1. The van der Waals surface area contributed by atoms with Gasteiger partial charge in [0.1, 0.15) is 5.82 Å². The highest BCUT2D eigenvalue weighted by atomic mass is 32.2. The summed E-state index contributed by atoms with van der Waals surface area (Å²) in [5.41, 5.74) is 3.20. The number of hydrogen-bond donors (Lipinski definition) is 3. The van der Waals surface area contributed by atoms with Gasteiger partial charge in [0.25, 0.3) is 0 Å². The minimum Gasteiger partial charge on any atom is -0.396 e. The molecule has 3 rings (SSSR count). The maximum atomic E-state index is 14.7. The lowest BCUT2D eigenvalue weighted by molar-refractivity contribution is 0.103. The van der Waals surface area contributed by atoms with Crippen LogP contribution in [0.1, 0.15) is 52.1 Å². The van der Waals surface area contributed by atoms with E-state index in [9.17, 15) is 17.6 Å². The van der Waals surface area contributed by atoms with Gasteiger partial charge in [0, 0.05) is 23.8 Å². The van der Waals surface area contributed by atoms with Gasteiger partial charge in [-0.3, -0.25) is 9.52 Å². The average molecular weight is 445 g/mol. The number of carbonyl (C=O) groups excluding carboxylic acids is 1. The highest BCUT2D eigenvalue weighted by Crippen LogP contribution is 2.28. The minimum absolute atomic E-state index is 0.101. The van der Waals surface area contributed by atoms with Crippen LogP contribution >= 0.6 is 0 Å². The first-order valence-corrected chi connectivity index (χ1v) is 11.6. The molecule has 0 bridgehead atoms. The van der Waals surface area contributed by atoms with Crippen LogP contribution < -0.4 is 4.72 Å². The van der Waals surface area contributed by atoms with Crippen molar-refractivity contribution in [1.29, 1.82) is 0 Å². The zero-order chi connectivity index (χ0) is 22.6. The number of anilines is 1. The molecule has 0 aliphatic heterocycles. The van der Waals surface area contributed by atoms with Crippen molar-refractivity contribution in [3.63, 3.8) is 0 Å². The summed E-state index contributed by atoms with van der Waals surface area (Å²) in [6.45, 7) is 3.51. The van der Waals surface area contributed by atoms with Crippen LogP contribution in [-0.2, 0) is 10.0 Å². The third-order valence-corrected chi connectivity index (χ3v) is 6.42. The number of sulfonamides is 1. The zero-order valence-corrected chi connectivity index (χ0v) is 18.2. The van der Waals surface area contributed by atoms with Gasteiger partial charge in [0.05, 0.1) is 17.1 Å². The third kappa shape index (κ3) is 5.59. The van der Waals surface area contributed by atoms with Gasteiger partial charge in [-0.2, -0.15) is 0 Å². The van der Waals surface area contributed by atoms with E-state index in [1.165, 1.54) is 12.1 Å². The predicted octanol–water partition coefficient (Wildman–Crippen LogP) is 3.97. The van der Waals surface area contributed by atoms with Crippen molar-refractivity contribution in [2.24, 2.45) is 0 Å². The van der Waals surface area contributed by atoms with Crippen LogP contribution in [0.5, 0.6) is 0 Å².